The number of thiophene rings is 1. The molecule has 0 saturated heterocycles. The Morgan fingerprint density at radius 3 is 2.54 bits per heavy atom. The summed E-state index contributed by atoms with van der Waals surface area (Å²) in [6, 6.07) is 8.92. The largest absolute Gasteiger partial charge is 0.573 e. The van der Waals surface area contributed by atoms with Gasteiger partial charge in [0.15, 0.2) is 0 Å². The van der Waals surface area contributed by atoms with Gasteiger partial charge >= 0.3 is 6.36 Å². The lowest BCUT2D eigenvalue weighted by molar-refractivity contribution is -0.274. The van der Waals surface area contributed by atoms with Crippen LogP contribution in [-0.2, 0) is 10.0 Å². The number of nitrogens with one attached hydrogen (secondary N) is 1. The summed E-state index contributed by atoms with van der Waals surface area (Å²) in [4.78, 5) is 0.278. The lowest BCUT2D eigenvalue weighted by atomic mass is 10.2. The summed E-state index contributed by atoms with van der Waals surface area (Å²) in [6.45, 7) is -0.304. The molecule has 0 amide bonds. The van der Waals surface area contributed by atoms with Gasteiger partial charge < -0.3 is 14.3 Å². The van der Waals surface area contributed by atoms with Crippen LogP contribution in [-0.4, -0.2) is 26.4 Å². The van der Waals surface area contributed by atoms with Gasteiger partial charge in [0.2, 0.25) is 10.0 Å². The maximum atomic E-state index is 12.3. The second-order valence-corrected chi connectivity index (χ2v) is 8.31. The number of furan rings is 1. The Bertz CT molecular complexity index is 1010. The molecule has 2 aromatic heterocycles. The molecule has 2 heterocycles. The van der Waals surface area contributed by atoms with Crippen LogP contribution >= 0.6 is 11.3 Å². The van der Waals surface area contributed by atoms with Crippen molar-refractivity contribution in [3.05, 3.63) is 59.0 Å². The van der Waals surface area contributed by atoms with E-state index in [-0.39, 0.29) is 11.4 Å². The second kappa shape index (κ2) is 7.95. The van der Waals surface area contributed by atoms with Crippen LogP contribution in [0.5, 0.6) is 5.75 Å². The van der Waals surface area contributed by atoms with E-state index in [1.807, 2.05) is 0 Å². The van der Waals surface area contributed by atoms with Crippen LogP contribution in [0.1, 0.15) is 11.0 Å². The van der Waals surface area contributed by atoms with Crippen LogP contribution < -0.4 is 9.46 Å². The molecule has 1 atom stereocenters. The van der Waals surface area contributed by atoms with E-state index >= 15 is 0 Å². The quantitative estimate of drug-likeness (QED) is 0.590. The lowest BCUT2D eigenvalue weighted by Gasteiger charge is -2.12. The van der Waals surface area contributed by atoms with Gasteiger partial charge in [-0.1, -0.05) is 0 Å². The molecular weight excluding hydrogens is 419 g/mol. The molecule has 0 radical (unpaired) electrons. The average molecular weight is 433 g/mol. The second-order valence-electron chi connectivity index (χ2n) is 5.60. The van der Waals surface area contributed by atoms with E-state index < -0.39 is 28.2 Å². The summed E-state index contributed by atoms with van der Waals surface area (Å²) in [6.07, 6.45) is -4.45. The maximum Gasteiger partial charge on any atom is 0.573 e. The molecule has 28 heavy (non-hydrogen) atoms. The Morgan fingerprint density at radius 2 is 1.93 bits per heavy atom. The third-order valence-corrected chi connectivity index (χ3v) is 6.06. The molecule has 1 unspecified atom stereocenters. The van der Waals surface area contributed by atoms with Gasteiger partial charge in [0.25, 0.3) is 0 Å². The zero-order valence-corrected chi connectivity index (χ0v) is 15.6. The number of hydrogen-bond donors (Lipinski definition) is 2. The smallest absolute Gasteiger partial charge is 0.464 e. The van der Waals surface area contributed by atoms with Crippen LogP contribution in [0.15, 0.2) is 63.4 Å². The van der Waals surface area contributed by atoms with E-state index in [2.05, 4.69) is 9.46 Å². The highest BCUT2D eigenvalue weighted by Gasteiger charge is 2.31. The van der Waals surface area contributed by atoms with Crippen LogP contribution in [0.3, 0.4) is 0 Å². The normalized spacial score (nSPS) is 13.4. The number of aliphatic hydroxyl groups excluding tert-OH is 1. The fourth-order valence-electron chi connectivity index (χ4n) is 2.29. The molecule has 3 rings (SSSR count). The highest BCUT2D eigenvalue weighted by molar-refractivity contribution is 7.89. The fourth-order valence-corrected chi connectivity index (χ4v) is 4.21. The van der Waals surface area contributed by atoms with Crippen molar-refractivity contribution in [1.82, 2.24) is 4.72 Å². The third kappa shape index (κ3) is 5.13. The number of alkyl halides is 3. The number of rotatable bonds is 7. The molecule has 3 aromatic rings. The van der Waals surface area contributed by atoms with Crippen molar-refractivity contribution in [3.8, 4) is 17.1 Å². The van der Waals surface area contributed by atoms with Crippen molar-refractivity contribution in [1.29, 1.82) is 0 Å². The van der Waals surface area contributed by atoms with Gasteiger partial charge in [-0.3, -0.25) is 0 Å². The molecule has 0 aliphatic carbocycles. The Morgan fingerprint density at radius 1 is 1.21 bits per heavy atom. The minimum atomic E-state index is -4.86. The molecule has 0 aliphatic heterocycles. The van der Waals surface area contributed by atoms with Crippen molar-refractivity contribution in [2.75, 3.05) is 6.54 Å². The first kappa shape index (κ1) is 20.4. The predicted octanol–water partition coefficient (Wildman–Crippen LogP) is 3.92. The Balaban J connectivity index is 1.63. The number of aliphatic hydroxyl groups is 1. The fraction of sp³-hybridized carbons (Fsp3) is 0.176. The monoisotopic (exact) mass is 433 g/mol. The molecule has 0 bridgehead atoms. The van der Waals surface area contributed by atoms with Crippen LogP contribution in [0, 0.1) is 0 Å². The van der Waals surface area contributed by atoms with E-state index in [1.165, 1.54) is 17.6 Å². The van der Waals surface area contributed by atoms with E-state index in [1.54, 1.807) is 23.6 Å². The Hall–Kier alpha value is -2.34. The summed E-state index contributed by atoms with van der Waals surface area (Å²) in [5, 5.41) is 12.0. The SMILES string of the molecule is O=S(=O)(NCC(O)c1cc(-c2ccco2)cs1)c1ccc(OC(F)(F)F)cc1. The number of benzene rings is 1. The number of ether oxygens (including phenoxy) is 1. The van der Waals surface area contributed by atoms with E-state index in [0.29, 0.717) is 10.6 Å². The predicted molar refractivity (Wildman–Crippen MR) is 95.3 cm³/mol. The van der Waals surface area contributed by atoms with Crippen molar-refractivity contribution < 1.29 is 35.8 Å². The van der Waals surface area contributed by atoms with E-state index in [9.17, 15) is 26.7 Å². The minimum absolute atomic E-state index is 0.253. The first-order valence-corrected chi connectivity index (χ1v) is 10.2. The van der Waals surface area contributed by atoms with Gasteiger partial charge in [-0.2, -0.15) is 0 Å². The molecule has 0 spiro atoms. The molecule has 6 nitrogen and oxygen atoms in total. The number of hydrogen-bond acceptors (Lipinski definition) is 6. The average Bonchev–Trinajstić information content (AvgIpc) is 3.30. The number of halogens is 3. The highest BCUT2D eigenvalue weighted by Crippen LogP contribution is 2.30. The minimum Gasteiger partial charge on any atom is -0.464 e. The van der Waals surface area contributed by atoms with Crippen molar-refractivity contribution in [2.45, 2.75) is 17.4 Å². The van der Waals surface area contributed by atoms with Crippen LogP contribution in [0.25, 0.3) is 11.3 Å². The van der Waals surface area contributed by atoms with E-state index in [4.69, 9.17) is 4.42 Å². The Labute approximate surface area is 162 Å². The summed E-state index contributed by atoms with van der Waals surface area (Å²) >= 11 is 1.24. The summed E-state index contributed by atoms with van der Waals surface area (Å²) in [7, 11) is -4.02. The van der Waals surface area contributed by atoms with Gasteiger partial charge in [0.1, 0.15) is 17.6 Å². The van der Waals surface area contributed by atoms with Crippen LogP contribution in [0.2, 0.25) is 0 Å². The Kier molecular flexibility index (Phi) is 5.79. The first-order chi connectivity index (χ1) is 13.1. The third-order valence-electron chi connectivity index (χ3n) is 3.59. The summed E-state index contributed by atoms with van der Waals surface area (Å²) in [5.41, 5.74) is 0.757. The molecule has 0 aliphatic rings. The molecular formula is C17H14F3NO5S2. The highest BCUT2D eigenvalue weighted by atomic mass is 32.2. The zero-order valence-electron chi connectivity index (χ0n) is 14.0. The molecule has 0 fully saturated rings. The number of sulfonamides is 1. The molecule has 11 heteroatoms. The molecule has 150 valence electrons. The van der Waals surface area contributed by atoms with Crippen LogP contribution in [0.4, 0.5) is 13.2 Å². The molecule has 0 saturated carbocycles. The summed E-state index contributed by atoms with van der Waals surface area (Å²) in [5.74, 6) is 0.0898. The molecule has 1 aromatic carbocycles. The maximum absolute atomic E-state index is 12.3. The van der Waals surface area contributed by atoms with Crippen molar-refractivity contribution in [3.63, 3.8) is 0 Å². The van der Waals surface area contributed by atoms with Gasteiger partial charge in [0.05, 0.1) is 11.2 Å². The molecule has 2 N–H and O–H groups in total. The first-order valence-electron chi connectivity index (χ1n) is 7.80. The van der Waals surface area contributed by atoms with Gasteiger partial charge in [0, 0.05) is 22.4 Å². The van der Waals surface area contributed by atoms with Crippen molar-refractivity contribution >= 4 is 21.4 Å². The standard InChI is InChI=1S/C17H14F3NO5S2/c18-17(19,20)26-12-3-5-13(6-4-12)28(23,24)21-9-14(22)16-8-11(10-27-16)15-2-1-7-25-15/h1-8,10,14,21-22H,9H2. The van der Waals surface area contributed by atoms with E-state index in [0.717, 1.165) is 29.8 Å². The zero-order chi connectivity index (χ0) is 20.4. The van der Waals surface area contributed by atoms with Gasteiger partial charge in [-0.05, 0) is 42.5 Å². The van der Waals surface area contributed by atoms with Crippen molar-refractivity contribution in [2.24, 2.45) is 0 Å². The topological polar surface area (TPSA) is 88.8 Å². The van der Waals surface area contributed by atoms with Gasteiger partial charge in [-0.15, -0.1) is 24.5 Å². The van der Waals surface area contributed by atoms with Gasteiger partial charge in [-0.25, -0.2) is 13.1 Å². The summed E-state index contributed by atoms with van der Waals surface area (Å²) < 4.78 is 72.2. The lowest BCUT2D eigenvalue weighted by Crippen LogP contribution is -2.28.